The number of nitrogens with one attached hydrogen (secondary N) is 1. The Labute approximate surface area is 73.0 Å². The van der Waals surface area contributed by atoms with E-state index in [-0.39, 0.29) is 0 Å². The zero-order valence-corrected chi connectivity index (χ0v) is 6.63. The molecule has 0 saturated heterocycles. The second-order valence-electron chi connectivity index (χ2n) is 2.17. The van der Waals surface area contributed by atoms with Crippen molar-refractivity contribution in [2.45, 2.75) is 0 Å². The summed E-state index contributed by atoms with van der Waals surface area (Å²) in [5, 5.41) is 0.904. The van der Waals surface area contributed by atoms with Gasteiger partial charge in [-0.1, -0.05) is 11.6 Å². The first kappa shape index (κ1) is 7.07. The average Bonchev–Trinajstić information content (AvgIpc) is 2.49. The summed E-state index contributed by atoms with van der Waals surface area (Å²) in [4.78, 5) is 13.8. The van der Waals surface area contributed by atoms with E-state index in [1.165, 1.54) is 6.33 Å². The molecule has 0 atom stereocenters. The zero-order valence-electron chi connectivity index (χ0n) is 5.87. The molecule has 0 spiro atoms. The van der Waals surface area contributed by atoms with Gasteiger partial charge in [-0.05, 0) is 0 Å². The Hall–Kier alpha value is -1.60. The fourth-order valence-electron chi connectivity index (χ4n) is 0.998. The summed E-state index contributed by atoms with van der Waals surface area (Å²) < 4.78 is 0. The van der Waals surface area contributed by atoms with E-state index in [0.29, 0.717) is 21.9 Å². The molecule has 12 heavy (non-hydrogen) atoms. The summed E-state index contributed by atoms with van der Waals surface area (Å²) in [6, 6.07) is 0. The SMILES string of the molecule is [C-]#[N+]c1c[nH]c2ncnc(Cl)c12. The Bertz CT molecular complexity index is 468. The maximum absolute atomic E-state index is 6.83. The molecule has 2 heterocycles. The molecule has 4 nitrogen and oxygen atoms in total. The number of fused-ring (bicyclic) bond motifs is 1. The highest BCUT2D eigenvalue weighted by atomic mass is 35.5. The standard InChI is InChI=1S/C7H3ClN4/c1-9-4-2-10-7-5(4)6(8)11-3-12-7/h2-3H,(H,10,11,12). The van der Waals surface area contributed by atoms with E-state index in [2.05, 4.69) is 19.8 Å². The van der Waals surface area contributed by atoms with Gasteiger partial charge >= 0.3 is 0 Å². The highest BCUT2D eigenvalue weighted by molar-refractivity contribution is 6.35. The number of rotatable bonds is 0. The number of nitrogens with zero attached hydrogens (tertiary/aromatic N) is 3. The van der Waals surface area contributed by atoms with Crippen LogP contribution in [0.3, 0.4) is 0 Å². The zero-order chi connectivity index (χ0) is 8.55. The van der Waals surface area contributed by atoms with Gasteiger partial charge in [0.25, 0.3) is 0 Å². The van der Waals surface area contributed by atoms with Crippen LogP contribution in [0.25, 0.3) is 15.9 Å². The van der Waals surface area contributed by atoms with Gasteiger partial charge in [-0.2, -0.15) is 0 Å². The fourth-order valence-corrected chi connectivity index (χ4v) is 1.23. The first-order chi connectivity index (χ1) is 5.83. The lowest BCUT2D eigenvalue weighted by Gasteiger charge is -1.90. The third-order valence-corrected chi connectivity index (χ3v) is 1.81. The summed E-state index contributed by atoms with van der Waals surface area (Å²) in [6.07, 6.45) is 2.92. The molecule has 0 aliphatic rings. The number of aromatic amines is 1. The molecule has 2 aromatic heterocycles. The van der Waals surface area contributed by atoms with Gasteiger partial charge in [0.2, 0.25) is 5.69 Å². The van der Waals surface area contributed by atoms with Crippen LogP contribution in [-0.4, -0.2) is 15.0 Å². The number of halogens is 1. The van der Waals surface area contributed by atoms with Gasteiger partial charge in [-0.3, -0.25) is 0 Å². The molecule has 2 aromatic rings. The molecule has 2 rings (SSSR count). The fraction of sp³-hybridized carbons (Fsp3) is 0. The normalized spacial score (nSPS) is 10.0. The van der Waals surface area contributed by atoms with Gasteiger partial charge in [0, 0.05) is 6.20 Å². The second-order valence-corrected chi connectivity index (χ2v) is 2.53. The monoisotopic (exact) mass is 178 g/mol. The van der Waals surface area contributed by atoms with E-state index >= 15 is 0 Å². The van der Waals surface area contributed by atoms with Crippen LogP contribution in [-0.2, 0) is 0 Å². The van der Waals surface area contributed by atoms with Crippen LogP contribution < -0.4 is 0 Å². The van der Waals surface area contributed by atoms with Gasteiger partial charge in [-0.15, -0.1) is 0 Å². The predicted octanol–water partition coefficient (Wildman–Crippen LogP) is 2.16. The summed E-state index contributed by atoms with van der Waals surface area (Å²) in [5.41, 5.74) is 1.05. The molecule has 0 radical (unpaired) electrons. The molecule has 0 amide bonds. The average molecular weight is 179 g/mol. The lowest BCUT2D eigenvalue weighted by Crippen LogP contribution is -1.79. The predicted molar refractivity (Wildman–Crippen MR) is 45.2 cm³/mol. The van der Waals surface area contributed by atoms with Crippen LogP contribution in [0.15, 0.2) is 12.5 Å². The first-order valence-corrected chi connectivity index (χ1v) is 3.56. The molecule has 0 saturated carbocycles. The molecule has 0 bridgehead atoms. The lowest BCUT2D eigenvalue weighted by atomic mass is 10.4. The van der Waals surface area contributed by atoms with Crippen LogP contribution in [0.1, 0.15) is 0 Å². The van der Waals surface area contributed by atoms with Crippen LogP contribution in [0.2, 0.25) is 5.15 Å². The van der Waals surface area contributed by atoms with E-state index in [0.717, 1.165) is 0 Å². The van der Waals surface area contributed by atoms with Crippen molar-refractivity contribution in [2.75, 3.05) is 0 Å². The number of H-pyrrole nitrogens is 1. The van der Waals surface area contributed by atoms with Crippen molar-refractivity contribution in [2.24, 2.45) is 0 Å². The Balaban J connectivity index is 2.95. The van der Waals surface area contributed by atoms with Crippen molar-refractivity contribution in [3.8, 4) is 0 Å². The smallest absolute Gasteiger partial charge is 0.216 e. The topological polar surface area (TPSA) is 45.9 Å². The molecule has 0 fully saturated rings. The maximum atomic E-state index is 6.83. The Morgan fingerprint density at radius 2 is 2.33 bits per heavy atom. The van der Waals surface area contributed by atoms with Crippen LogP contribution in [0.4, 0.5) is 5.69 Å². The Morgan fingerprint density at radius 1 is 1.50 bits per heavy atom. The molecule has 5 heteroatoms. The maximum Gasteiger partial charge on any atom is 0.216 e. The van der Waals surface area contributed by atoms with Gasteiger partial charge in [-0.25, -0.2) is 14.8 Å². The third kappa shape index (κ3) is 0.840. The van der Waals surface area contributed by atoms with Gasteiger partial charge < -0.3 is 4.98 Å². The van der Waals surface area contributed by atoms with Crippen molar-refractivity contribution in [3.05, 3.63) is 29.1 Å². The van der Waals surface area contributed by atoms with Crippen molar-refractivity contribution in [1.29, 1.82) is 0 Å². The summed E-state index contributed by atoms with van der Waals surface area (Å²) in [6.45, 7) is 6.83. The van der Waals surface area contributed by atoms with Crippen molar-refractivity contribution < 1.29 is 0 Å². The molecule has 0 aliphatic heterocycles. The van der Waals surface area contributed by atoms with Crippen LogP contribution in [0.5, 0.6) is 0 Å². The molecule has 0 aromatic carbocycles. The third-order valence-electron chi connectivity index (χ3n) is 1.52. The molecule has 58 valence electrons. The highest BCUT2D eigenvalue weighted by Crippen LogP contribution is 2.28. The Morgan fingerprint density at radius 3 is 3.08 bits per heavy atom. The van der Waals surface area contributed by atoms with E-state index in [1.54, 1.807) is 6.20 Å². The second kappa shape index (κ2) is 2.47. The van der Waals surface area contributed by atoms with Crippen molar-refractivity contribution in [3.63, 3.8) is 0 Å². The molecule has 0 unspecified atom stereocenters. The molecular weight excluding hydrogens is 176 g/mol. The van der Waals surface area contributed by atoms with Crippen molar-refractivity contribution >= 4 is 28.3 Å². The molecule has 1 N–H and O–H groups in total. The highest BCUT2D eigenvalue weighted by Gasteiger charge is 2.07. The van der Waals surface area contributed by atoms with E-state index in [1.807, 2.05) is 0 Å². The van der Waals surface area contributed by atoms with Crippen LogP contribution >= 0.6 is 11.6 Å². The minimum Gasteiger partial charge on any atom is -0.357 e. The van der Waals surface area contributed by atoms with E-state index < -0.39 is 0 Å². The summed E-state index contributed by atoms with van der Waals surface area (Å²) in [7, 11) is 0. The Kier molecular flexibility index (Phi) is 1.45. The number of aromatic nitrogens is 3. The van der Waals surface area contributed by atoms with E-state index in [4.69, 9.17) is 18.2 Å². The first-order valence-electron chi connectivity index (χ1n) is 3.18. The summed E-state index contributed by atoms with van der Waals surface area (Å²) >= 11 is 5.77. The minimum absolute atomic E-state index is 0.312. The van der Waals surface area contributed by atoms with Gasteiger partial charge in [0.1, 0.15) is 17.1 Å². The van der Waals surface area contributed by atoms with Crippen LogP contribution in [0, 0.1) is 6.57 Å². The minimum atomic E-state index is 0.312. The van der Waals surface area contributed by atoms with Crippen molar-refractivity contribution in [1.82, 2.24) is 15.0 Å². The number of hydrogen-bond donors (Lipinski definition) is 1. The molecule has 0 aliphatic carbocycles. The number of hydrogen-bond acceptors (Lipinski definition) is 2. The van der Waals surface area contributed by atoms with Gasteiger partial charge in [0.15, 0.2) is 0 Å². The van der Waals surface area contributed by atoms with Gasteiger partial charge in [0.05, 0.1) is 12.0 Å². The molecular formula is C7H3ClN4. The quantitative estimate of drug-likeness (QED) is 0.496. The summed E-state index contributed by atoms with van der Waals surface area (Å²) in [5.74, 6) is 0. The van der Waals surface area contributed by atoms with E-state index in [9.17, 15) is 0 Å². The lowest BCUT2D eigenvalue weighted by molar-refractivity contribution is 1.20. The largest absolute Gasteiger partial charge is 0.357 e.